The SMILES string of the molecule is CCCCN(CCCC)CCCC.Fc1c[c]([AlH2])c(F)c(F)c1F. The molecule has 0 fully saturated rings. The average Bonchev–Trinajstić information content (AvgIpc) is 2.58. The van der Waals surface area contributed by atoms with Crippen LogP contribution >= 0.6 is 0 Å². The second-order valence-electron chi connectivity index (χ2n) is 6.02. The van der Waals surface area contributed by atoms with E-state index in [4.69, 9.17) is 0 Å². The Morgan fingerprint density at radius 1 is 0.750 bits per heavy atom. The Bertz CT molecular complexity index is 424. The molecule has 0 atom stereocenters. The second kappa shape index (κ2) is 13.7. The summed E-state index contributed by atoms with van der Waals surface area (Å²) in [5.41, 5.74) is 0. The third kappa shape index (κ3) is 9.06. The molecule has 0 saturated heterocycles. The first kappa shape index (κ1) is 23.4. The van der Waals surface area contributed by atoms with Gasteiger partial charge in [0.15, 0.2) is 17.5 Å². The van der Waals surface area contributed by atoms with Gasteiger partial charge in [0.25, 0.3) is 16.3 Å². The summed E-state index contributed by atoms with van der Waals surface area (Å²) in [6, 6.07) is 0.667. The van der Waals surface area contributed by atoms with Crippen LogP contribution in [0, 0.1) is 23.3 Å². The molecule has 1 rings (SSSR count). The molecule has 1 nitrogen and oxygen atoms in total. The van der Waals surface area contributed by atoms with Crippen LogP contribution < -0.4 is 4.43 Å². The molecule has 6 heteroatoms. The highest BCUT2D eigenvalue weighted by Gasteiger charge is 2.15. The van der Waals surface area contributed by atoms with Crippen molar-refractivity contribution >= 4 is 20.7 Å². The predicted molar refractivity (Wildman–Crippen MR) is 95.6 cm³/mol. The maximum absolute atomic E-state index is 12.4. The molecule has 0 N–H and O–H groups in total. The molecule has 0 amide bonds. The number of rotatable bonds is 9. The highest BCUT2D eigenvalue weighted by Crippen LogP contribution is 2.11. The van der Waals surface area contributed by atoms with Gasteiger partial charge in [-0.15, -0.1) is 0 Å². The van der Waals surface area contributed by atoms with Crippen molar-refractivity contribution in [2.45, 2.75) is 59.3 Å². The van der Waals surface area contributed by atoms with Crippen LogP contribution in [0.1, 0.15) is 59.3 Å². The van der Waals surface area contributed by atoms with Crippen LogP contribution in [-0.4, -0.2) is 40.8 Å². The Kier molecular flexibility index (Phi) is 13.4. The molecule has 0 spiro atoms. The fraction of sp³-hybridized carbons (Fsp3) is 0.667. The van der Waals surface area contributed by atoms with Gasteiger partial charge in [0, 0.05) is 0 Å². The van der Waals surface area contributed by atoms with Crippen molar-refractivity contribution in [3.05, 3.63) is 29.3 Å². The normalized spacial score (nSPS) is 10.7. The molecule has 138 valence electrons. The second-order valence-corrected chi connectivity index (χ2v) is 7.10. The van der Waals surface area contributed by atoms with E-state index in [-0.39, 0.29) is 20.7 Å². The molecule has 0 aromatic heterocycles. The highest BCUT2D eigenvalue weighted by atomic mass is 27.0. The zero-order valence-corrected chi connectivity index (χ0v) is 17.4. The first-order valence-electron chi connectivity index (χ1n) is 8.90. The third-order valence-corrected chi connectivity index (χ3v) is 4.50. The van der Waals surface area contributed by atoms with Crippen molar-refractivity contribution in [2.75, 3.05) is 19.6 Å². The zero-order valence-electron chi connectivity index (χ0n) is 15.4. The molecule has 0 aliphatic rings. The van der Waals surface area contributed by atoms with Gasteiger partial charge in [-0.05, 0) is 45.0 Å². The standard InChI is InChI=1S/C12H27N.C6HF4.Al.2H/c1-4-7-10-13(11-8-5-2)12-9-6-3;7-3-1-2-4(8)6(10)5(3)9;;;/h4-12H2,1-3H3;1H;;;. The van der Waals surface area contributed by atoms with Crippen molar-refractivity contribution in [3.63, 3.8) is 0 Å². The van der Waals surface area contributed by atoms with Crippen LogP contribution in [0.15, 0.2) is 6.07 Å². The Morgan fingerprint density at radius 3 is 1.54 bits per heavy atom. The minimum Gasteiger partial charge on any atom is -0.303 e. The molecule has 1 aromatic rings. The summed E-state index contributed by atoms with van der Waals surface area (Å²) in [6.45, 7) is 10.8. The Balaban J connectivity index is 0.000000446. The van der Waals surface area contributed by atoms with Gasteiger partial charge in [-0.3, -0.25) is 0 Å². The van der Waals surface area contributed by atoms with E-state index in [1.54, 1.807) is 0 Å². The molecule has 1 aromatic carbocycles. The van der Waals surface area contributed by atoms with Crippen LogP contribution in [0.4, 0.5) is 17.6 Å². The van der Waals surface area contributed by atoms with E-state index in [0.29, 0.717) is 6.07 Å². The summed E-state index contributed by atoms with van der Waals surface area (Å²) in [4.78, 5) is 2.64. The predicted octanol–water partition coefficient (Wildman–Crippen LogP) is 4.19. The van der Waals surface area contributed by atoms with Gasteiger partial charge in [-0.2, -0.15) is 0 Å². The molecular weight excluding hydrogens is 333 g/mol. The maximum Gasteiger partial charge on any atom is 0.264 e. The van der Waals surface area contributed by atoms with E-state index in [1.807, 2.05) is 0 Å². The molecule has 0 aliphatic heterocycles. The fourth-order valence-electron chi connectivity index (χ4n) is 2.17. The van der Waals surface area contributed by atoms with Crippen molar-refractivity contribution in [2.24, 2.45) is 0 Å². The first-order valence-corrected chi connectivity index (χ1v) is 9.90. The van der Waals surface area contributed by atoms with Gasteiger partial charge in [0.05, 0.1) is 0 Å². The molecule has 0 saturated carbocycles. The third-order valence-electron chi connectivity index (χ3n) is 3.77. The van der Waals surface area contributed by atoms with Crippen LogP contribution in [0.25, 0.3) is 0 Å². The van der Waals surface area contributed by atoms with Crippen LogP contribution in [0.5, 0.6) is 0 Å². The van der Waals surface area contributed by atoms with Gasteiger partial charge >= 0.3 is 0 Å². The topological polar surface area (TPSA) is 3.24 Å². The number of nitrogens with zero attached hydrogens (tertiary/aromatic N) is 1. The molecule has 0 radical (unpaired) electrons. The summed E-state index contributed by atoms with van der Waals surface area (Å²) in [5.74, 6) is -6.10. The summed E-state index contributed by atoms with van der Waals surface area (Å²) in [6.07, 6.45) is 8.09. The molecule has 0 unspecified atom stereocenters. The van der Waals surface area contributed by atoms with Crippen molar-refractivity contribution in [3.8, 4) is 0 Å². The number of hydrogen-bond donors (Lipinski definition) is 0. The minimum atomic E-state index is -1.75. The highest BCUT2D eigenvalue weighted by molar-refractivity contribution is 6.32. The number of benzene rings is 1. The molecule has 0 aliphatic carbocycles. The van der Waals surface area contributed by atoms with E-state index in [0.717, 1.165) is 0 Å². The van der Waals surface area contributed by atoms with Crippen LogP contribution in [0.3, 0.4) is 0 Å². The summed E-state index contributed by atoms with van der Waals surface area (Å²) in [5, 5.41) is 0. The lowest BCUT2D eigenvalue weighted by Crippen LogP contribution is -2.27. The van der Waals surface area contributed by atoms with Gasteiger partial charge in [-0.25, -0.2) is 17.6 Å². The monoisotopic (exact) mass is 363 g/mol. The average molecular weight is 363 g/mol. The van der Waals surface area contributed by atoms with E-state index >= 15 is 0 Å². The smallest absolute Gasteiger partial charge is 0.264 e. The lowest BCUT2D eigenvalue weighted by molar-refractivity contribution is 0.261. The Morgan fingerprint density at radius 2 is 1.17 bits per heavy atom. The summed E-state index contributed by atoms with van der Waals surface area (Å²) < 4.78 is 49.1. The minimum absolute atomic E-state index is 0.110. The van der Waals surface area contributed by atoms with E-state index in [1.165, 1.54) is 58.2 Å². The molecular formula is C18H30AlF4N. The van der Waals surface area contributed by atoms with Gasteiger partial charge in [0.2, 0.25) is 0 Å². The lowest BCUT2D eigenvalue weighted by Gasteiger charge is -2.21. The van der Waals surface area contributed by atoms with Gasteiger partial charge < -0.3 is 4.90 Å². The lowest BCUT2D eigenvalue weighted by atomic mass is 10.2. The molecule has 0 heterocycles. The van der Waals surface area contributed by atoms with Crippen LogP contribution in [0.2, 0.25) is 0 Å². The largest absolute Gasteiger partial charge is 0.303 e. The Labute approximate surface area is 151 Å². The van der Waals surface area contributed by atoms with Crippen molar-refractivity contribution < 1.29 is 17.6 Å². The van der Waals surface area contributed by atoms with Gasteiger partial charge in [0.1, 0.15) is 5.82 Å². The number of hydrogen-bond acceptors (Lipinski definition) is 1. The van der Waals surface area contributed by atoms with Crippen molar-refractivity contribution in [1.82, 2.24) is 4.90 Å². The number of halogens is 4. The fourth-order valence-corrected chi connectivity index (χ4v) is 2.64. The molecule has 24 heavy (non-hydrogen) atoms. The summed E-state index contributed by atoms with van der Waals surface area (Å²) >= 11 is 0.150. The van der Waals surface area contributed by atoms with Gasteiger partial charge in [-0.1, -0.05) is 44.5 Å². The molecule has 0 bridgehead atoms. The summed E-state index contributed by atoms with van der Waals surface area (Å²) in [7, 11) is 0. The van der Waals surface area contributed by atoms with E-state index in [2.05, 4.69) is 25.7 Å². The first-order chi connectivity index (χ1) is 11.4. The van der Waals surface area contributed by atoms with E-state index < -0.39 is 23.3 Å². The van der Waals surface area contributed by atoms with Crippen molar-refractivity contribution in [1.29, 1.82) is 0 Å². The Hall–Kier alpha value is -0.568. The quantitative estimate of drug-likeness (QED) is 0.275. The van der Waals surface area contributed by atoms with Crippen LogP contribution in [-0.2, 0) is 0 Å². The van der Waals surface area contributed by atoms with E-state index in [9.17, 15) is 17.6 Å². The maximum atomic E-state index is 12.4. The number of unbranched alkanes of at least 4 members (excludes halogenated alkanes) is 3. The zero-order chi connectivity index (χ0) is 18.5.